The van der Waals surface area contributed by atoms with Crippen molar-refractivity contribution in [3.8, 4) is 5.75 Å². The highest BCUT2D eigenvalue weighted by Crippen LogP contribution is 2.42. The van der Waals surface area contributed by atoms with Gasteiger partial charge in [0.15, 0.2) is 5.75 Å². The Morgan fingerprint density at radius 1 is 1.35 bits per heavy atom. The summed E-state index contributed by atoms with van der Waals surface area (Å²) < 4.78 is 5.70. The Hall–Kier alpha value is -1.43. The van der Waals surface area contributed by atoms with Crippen LogP contribution >= 0.6 is 11.3 Å². The molecule has 0 aliphatic rings. The molecule has 1 aromatic heterocycles. The van der Waals surface area contributed by atoms with Crippen molar-refractivity contribution in [3.05, 3.63) is 4.88 Å². The molecule has 0 atom stereocenters. The minimum absolute atomic E-state index is 0.0103. The van der Waals surface area contributed by atoms with E-state index in [9.17, 15) is 4.79 Å². The van der Waals surface area contributed by atoms with Gasteiger partial charge in [0.05, 0.1) is 6.10 Å². The third kappa shape index (κ3) is 4.59. The molecule has 1 aromatic rings. The average Bonchev–Trinajstić information content (AvgIpc) is 2.62. The van der Waals surface area contributed by atoms with Gasteiger partial charge in [0.25, 0.3) is 5.91 Å². The van der Waals surface area contributed by atoms with Crippen molar-refractivity contribution in [1.29, 1.82) is 0 Å². The van der Waals surface area contributed by atoms with Crippen molar-refractivity contribution in [2.75, 3.05) is 17.6 Å². The molecule has 0 radical (unpaired) electrons. The molecule has 20 heavy (non-hydrogen) atoms. The monoisotopic (exact) mass is 299 g/mol. The van der Waals surface area contributed by atoms with Crippen LogP contribution in [-0.2, 0) is 0 Å². The zero-order chi connectivity index (χ0) is 15.3. The van der Waals surface area contributed by atoms with E-state index in [-0.39, 0.29) is 6.10 Å². The number of nitrogens with two attached hydrogens (primary N) is 2. The minimum atomic E-state index is -0.517. The van der Waals surface area contributed by atoms with Gasteiger partial charge in [0, 0.05) is 6.54 Å². The molecule has 0 spiro atoms. The third-order valence-electron chi connectivity index (χ3n) is 2.72. The van der Waals surface area contributed by atoms with Gasteiger partial charge in [0.2, 0.25) is 0 Å². The molecule has 1 amide bonds. The van der Waals surface area contributed by atoms with Crippen LogP contribution in [0.4, 0.5) is 10.7 Å². The van der Waals surface area contributed by atoms with Gasteiger partial charge in [-0.1, -0.05) is 13.8 Å². The average molecular weight is 299 g/mol. The lowest BCUT2D eigenvalue weighted by Crippen LogP contribution is -2.12. The Morgan fingerprint density at radius 2 is 2.00 bits per heavy atom. The quantitative estimate of drug-likeness (QED) is 0.643. The van der Waals surface area contributed by atoms with Crippen molar-refractivity contribution in [1.82, 2.24) is 0 Å². The highest BCUT2D eigenvalue weighted by molar-refractivity contribution is 7.19. The Labute approximate surface area is 124 Å². The van der Waals surface area contributed by atoms with Gasteiger partial charge >= 0.3 is 0 Å². The SMILES string of the molecule is CC(C)CCCNc1sc(C(N)=O)c(N)c1OC(C)C. The first-order valence-corrected chi connectivity index (χ1v) is 7.77. The molecular formula is C14H25N3O2S. The Morgan fingerprint density at radius 3 is 2.50 bits per heavy atom. The molecule has 0 fully saturated rings. The first-order chi connectivity index (χ1) is 9.32. The summed E-state index contributed by atoms with van der Waals surface area (Å²) in [5, 5.41) is 4.08. The molecule has 1 rings (SSSR count). The van der Waals surface area contributed by atoms with E-state index in [1.807, 2.05) is 13.8 Å². The molecule has 114 valence electrons. The van der Waals surface area contributed by atoms with E-state index < -0.39 is 5.91 Å². The van der Waals surface area contributed by atoms with Crippen molar-refractivity contribution in [3.63, 3.8) is 0 Å². The van der Waals surface area contributed by atoms with Gasteiger partial charge in [0.1, 0.15) is 15.6 Å². The van der Waals surface area contributed by atoms with E-state index in [4.69, 9.17) is 16.2 Å². The first-order valence-electron chi connectivity index (χ1n) is 6.95. The molecule has 6 heteroatoms. The normalized spacial score (nSPS) is 11.1. The Balaban J connectivity index is 2.81. The van der Waals surface area contributed by atoms with Crippen LogP contribution in [0, 0.1) is 5.92 Å². The maximum atomic E-state index is 11.4. The number of anilines is 2. The van der Waals surface area contributed by atoms with Crippen LogP contribution in [0.1, 0.15) is 50.2 Å². The van der Waals surface area contributed by atoms with Crippen molar-refractivity contribution < 1.29 is 9.53 Å². The fourth-order valence-electron chi connectivity index (χ4n) is 1.79. The predicted octanol–water partition coefficient (Wildman–Crippen LogP) is 3.06. The molecule has 0 aliphatic carbocycles. The van der Waals surface area contributed by atoms with E-state index in [1.165, 1.54) is 11.3 Å². The molecular weight excluding hydrogens is 274 g/mol. The lowest BCUT2D eigenvalue weighted by molar-refractivity contribution is 0.100. The summed E-state index contributed by atoms with van der Waals surface area (Å²) in [6.07, 6.45) is 2.20. The van der Waals surface area contributed by atoms with Gasteiger partial charge in [-0.25, -0.2) is 0 Å². The van der Waals surface area contributed by atoms with E-state index >= 15 is 0 Å². The van der Waals surface area contributed by atoms with Gasteiger partial charge < -0.3 is 21.5 Å². The van der Waals surface area contributed by atoms with Crippen LogP contribution in [-0.4, -0.2) is 18.6 Å². The summed E-state index contributed by atoms with van der Waals surface area (Å²) in [6.45, 7) is 9.06. The van der Waals surface area contributed by atoms with E-state index in [2.05, 4.69) is 19.2 Å². The summed E-state index contributed by atoms with van der Waals surface area (Å²) in [5.74, 6) is 0.706. The topological polar surface area (TPSA) is 90.4 Å². The summed E-state index contributed by atoms with van der Waals surface area (Å²) >= 11 is 1.26. The maximum Gasteiger partial charge on any atom is 0.261 e. The molecule has 0 saturated carbocycles. The number of hydrogen-bond acceptors (Lipinski definition) is 5. The number of carbonyl (C=O) groups excluding carboxylic acids is 1. The molecule has 5 N–H and O–H groups in total. The number of carbonyl (C=O) groups is 1. The molecule has 0 aromatic carbocycles. The largest absolute Gasteiger partial charge is 0.486 e. The van der Waals surface area contributed by atoms with Crippen molar-refractivity contribution >= 4 is 27.9 Å². The predicted molar refractivity (Wildman–Crippen MR) is 85.6 cm³/mol. The van der Waals surface area contributed by atoms with Gasteiger partial charge in [-0.15, -0.1) is 11.3 Å². The summed E-state index contributed by atoms with van der Waals surface area (Å²) in [7, 11) is 0. The maximum absolute atomic E-state index is 11.4. The fraction of sp³-hybridized carbons (Fsp3) is 0.643. The highest BCUT2D eigenvalue weighted by atomic mass is 32.1. The molecule has 0 unspecified atom stereocenters. The summed E-state index contributed by atoms with van der Waals surface area (Å²) in [6, 6.07) is 0. The van der Waals surface area contributed by atoms with Gasteiger partial charge in [-0.2, -0.15) is 0 Å². The van der Waals surface area contributed by atoms with Crippen LogP contribution in [0.3, 0.4) is 0 Å². The highest BCUT2D eigenvalue weighted by Gasteiger charge is 2.21. The number of amides is 1. The van der Waals surface area contributed by atoms with Gasteiger partial charge in [-0.05, 0) is 32.6 Å². The molecule has 5 nitrogen and oxygen atoms in total. The number of nitrogens with one attached hydrogen (secondary N) is 1. The molecule has 0 bridgehead atoms. The van der Waals surface area contributed by atoms with Crippen molar-refractivity contribution in [2.45, 2.75) is 46.6 Å². The summed E-state index contributed by atoms with van der Waals surface area (Å²) in [4.78, 5) is 11.7. The standard InChI is InChI=1S/C14H25N3O2S/c1-8(2)6-5-7-17-14-11(19-9(3)4)10(15)12(20-14)13(16)18/h8-9,17H,5-7,15H2,1-4H3,(H2,16,18). The van der Waals surface area contributed by atoms with Crippen LogP contribution in [0.15, 0.2) is 0 Å². The molecule has 1 heterocycles. The molecule has 0 saturated heterocycles. The minimum Gasteiger partial charge on any atom is -0.486 e. The van der Waals surface area contributed by atoms with Gasteiger partial charge in [-0.3, -0.25) is 4.79 Å². The molecule has 0 aliphatic heterocycles. The van der Waals surface area contributed by atoms with Crippen molar-refractivity contribution in [2.24, 2.45) is 11.7 Å². The second kappa shape index (κ2) is 7.38. The number of hydrogen-bond donors (Lipinski definition) is 3. The zero-order valence-corrected chi connectivity index (χ0v) is 13.5. The second-order valence-electron chi connectivity index (χ2n) is 5.50. The fourth-order valence-corrected chi connectivity index (χ4v) is 2.73. The van der Waals surface area contributed by atoms with E-state index in [0.29, 0.717) is 22.2 Å². The van der Waals surface area contributed by atoms with Crippen LogP contribution < -0.4 is 21.5 Å². The smallest absolute Gasteiger partial charge is 0.261 e. The Bertz CT molecular complexity index is 456. The lowest BCUT2D eigenvalue weighted by Gasteiger charge is -2.13. The number of rotatable bonds is 8. The van der Waals surface area contributed by atoms with Crippen LogP contribution in [0.25, 0.3) is 0 Å². The number of ether oxygens (including phenoxy) is 1. The van der Waals surface area contributed by atoms with E-state index in [0.717, 1.165) is 24.4 Å². The third-order valence-corrected chi connectivity index (χ3v) is 3.88. The van der Waals surface area contributed by atoms with Crippen LogP contribution in [0.2, 0.25) is 0 Å². The lowest BCUT2D eigenvalue weighted by atomic mass is 10.1. The summed E-state index contributed by atoms with van der Waals surface area (Å²) in [5.41, 5.74) is 11.6. The van der Waals surface area contributed by atoms with Crippen LogP contribution in [0.5, 0.6) is 5.75 Å². The Kier molecular flexibility index (Phi) is 6.13. The second-order valence-corrected chi connectivity index (χ2v) is 6.52. The first kappa shape index (κ1) is 16.6. The number of thiophene rings is 1. The number of primary amides is 1. The zero-order valence-electron chi connectivity index (χ0n) is 12.7. The van der Waals surface area contributed by atoms with E-state index in [1.54, 1.807) is 0 Å². The number of nitrogen functional groups attached to an aromatic ring is 1.